The van der Waals surface area contributed by atoms with Gasteiger partial charge in [-0.3, -0.25) is 5.32 Å². The van der Waals surface area contributed by atoms with E-state index in [-0.39, 0.29) is 18.6 Å². The molecule has 1 atom stereocenters. The summed E-state index contributed by atoms with van der Waals surface area (Å²) in [6.07, 6.45) is 2.61. The molecule has 0 bridgehead atoms. The number of likely N-dealkylation sites (N-methyl/N-ethyl adjacent to an activating group) is 1. The Kier molecular flexibility index (Phi) is 5.56. The van der Waals surface area contributed by atoms with Gasteiger partial charge in [0.05, 0.1) is 24.4 Å². The molecule has 6 heteroatoms. The summed E-state index contributed by atoms with van der Waals surface area (Å²) in [5.41, 5.74) is -0.912. The van der Waals surface area contributed by atoms with Gasteiger partial charge in [0.25, 0.3) is 0 Å². The zero-order chi connectivity index (χ0) is 15.3. The van der Waals surface area contributed by atoms with E-state index in [1.165, 1.54) is 0 Å². The lowest BCUT2D eigenvalue weighted by Gasteiger charge is -2.28. The van der Waals surface area contributed by atoms with Crippen LogP contribution in [0.1, 0.15) is 47.1 Å². The van der Waals surface area contributed by atoms with Gasteiger partial charge in [0.1, 0.15) is 5.82 Å². The molecule has 6 nitrogen and oxygen atoms in total. The highest BCUT2D eigenvalue weighted by atomic mass is 16.3. The molecule has 1 unspecified atom stereocenters. The van der Waals surface area contributed by atoms with Crippen molar-refractivity contribution in [2.24, 2.45) is 0 Å². The highest BCUT2D eigenvalue weighted by Gasteiger charge is 2.22. The maximum Gasteiger partial charge on any atom is 0.323 e. The molecule has 1 aromatic heterocycles. The van der Waals surface area contributed by atoms with Crippen LogP contribution in [0.5, 0.6) is 0 Å². The van der Waals surface area contributed by atoms with E-state index in [1.807, 2.05) is 6.92 Å². The molecule has 0 aliphatic carbocycles. The van der Waals surface area contributed by atoms with Gasteiger partial charge in [0.15, 0.2) is 0 Å². The van der Waals surface area contributed by atoms with Crippen molar-refractivity contribution in [2.45, 2.75) is 52.7 Å². The van der Waals surface area contributed by atoms with Crippen LogP contribution >= 0.6 is 0 Å². The third-order valence-corrected chi connectivity index (χ3v) is 3.16. The van der Waals surface area contributed by atoms with E-state index >= 15 is 0 Å². The Bertz CT molecular complexity index is 437. The van der Waals surface area contributed by atoms with E-state index < -0.39 is 5.60 Å². The molecule has 0 aliphatic rings. The predicted octanol–water partition coefficient (Wildman–Crippen LogP) is 2.48. The van der Waals surface area contributed by atoms with Crippen molar-refractivity contribution >= 4 is 11.8 Å². The molecule has 1 heterocycles. The number of carbonyl (C=O) groups is 1. The first-order valence-corrected chi connectivity index (χ1v) is 7.10. The minimum atomic E-state index is -0.912. The lowest BCUT2D eigenvalue weighted by molar-refractivity contribution is 0.0501. The van der Waals surface area contributed by atoms with Gasteiger partial charge in [0.2, 0.25) is 0 Å². The van der Waals surface area contributed by atoms with Crippen LogP contribution in [0.25, 0.3) is 0 Å². The predicted molar refractivity (Wildman–Crippen MR) is 79.8 cm³/mol. The summed E-state index contributed by atoms with van der Waals surface area (Å²) in [7, 11) is 0. The first kappa shape index (κ1) is 16.5. The fourth-order valence-corrected chi connectivity index (χ4v) is 1.92. The third-order valence-electron chi connectivity index (χ3n) is 3.16. The third kappa shape index (κ3) is 4.52. The minimum Gasteiger partial charge on any atom is -0.389 e. The summed E-state index contributed by atoms with van der Waals surface area (Å²) in [4.78, 5) is 13.8. The van der Waals surface area contributed by atoms with Crippen molar-refractivity contribution in [3.63, 3.8) is 0 Å². The van der Waals surface area contributed by atoms with Crippen LogP contribution in [0.2, 0.25) is 0 Å². The quantitative estimate of drug-likeness (QED) is 0.842. The van der Waals surface area contributed by atoms with Crippen LogP contribution in [0.15, 0.2) is 12.3 Å². The molecule has 0 saturated carbocycles. The van der Waals surface area contributed by atoms with Gasteiger partial charge in [-0.25, -0.2) is 9.48 Å². The molecule has 114 valence electrons. The summed E-state index contributed by atoms with van der Waals surface area (Å²) in [6, 6.07) is 1.78. The van der Waals surface area contributed by atoms with E-state index in [1.54, 1.807) is 35.7 Å². The van der Waals surface area contributed by atoms with Crippen molar-refractivity contribution in [3.8, 4) is 0 Å². The summed E-state index contributed by atoms with van der Waals surface area (Å²) < 4.78 is 1.80. The first-order valence-electron chi connectivity index (χ1n) is 7.10. The van der Waals surface area contributed by atoms with Crippen LogP contribution in [0, 0.1) is 0 Å². The molecule has 20 heavy (non-hydrogen) atoms. The van der Waals surface area contributed by atoms with Gasteiger partial charge in [0, 0.05) is 12.6 Å². The Balaban J connectivity index is 2.77. The Morgan fingerprint density at radius 3 is 2.70 bits per heavy atom. The SMILES string of the molecule is CCC(C)n1nccc1NC(=O)N(CC)CC(C)(C)O. The van der Waals surface area contributed by atoms with E-state index in [0.717, 1.165) is 6.42 Å². The summed E-state index contributed by atoms with van der Waals surface area (Å²) in [6.45, 7) is 10.2. The van der Waals surface area contributed by atoms with E-state index in [2.05, 4.69) is 24.3 Å². The second-order valence-corrected chi connectivity index (χ2v) is 5.68. The molecule has 1 aromatic rings. The Morgan fingerprint density at radius 1 is 1.55 bits per heavy atom. The molecule has 0 aromatic carbocycles. The monoisotopic (exact) mass is 282 g/mol. The number of aliphatic hydroxyl groups is 1. The standard InChI is InChI=1S/C14H26N4O2/c1-6-11(3)18-12(8-9-15-18)16-13(19)17(7-2)10-14(4,5)20/h8-9,11,20H,6-7,10H2,1-5H3,(H,16,19). The zero-order valence-electron chi connectivity index (χ0n) is 13.1. The van der Waals surface area contributed by atoms with Crippen molar-refractivity contribution in [2.75, 3.05) is 18.4 Å². The number of aromatic nitrogens is 2. The molecule has 0 spiro atoms. The van der Waals surface area contributed by atoms with E-state index in [0.29, 0.717) is 12.4 Å². The number of hydrogen-bond acceptors (Lipinski definition) is 3. The lowest BCUT2D eigenvalue weighted by atomic mass is 10.1. The molecule has 1 rings (SSSR count). The molecular formula is C14H26N4O2. The topological polar surface area (TPSA) is 70.4 Å². The Hall–Kier alpha value is -1.56. The smallest absolute Gasteiger partial charge is 0.323 e. The van der Waals surface area contributed by atoms with Gasteiger partial charge in [-0.1, -0.05) is 6.92 Å². The number of nitrogens with one attached hydrogen (secondary N) is 1. The highest BCUT2D eigenvalue weighted by Crippen LogP contribution is 2.17. The maximum atomic E-state index is 12.2. The van der Waals surface area contributed by atoms with Crippen molar-refractivity contribution in [1.29, 1.82) is 0 Å². The molecule has 0 aliphatic heterocycles. The minimum absolute atomic E-state index is 0.223. The van der Waals surface area contributed by atoms with Crippen molar-refractivity contribution in [3.05, 3.63) is 12.3 Å². The van der Waals surface area contributed by atoms with Crippen LogP contribution in [-0.4, -0.2) is 44.5 Å². The van der Waals surface area contributed by atoms with Gasteiger partial charge in [-0.2, -0.15) is 5.10 Å². The maximum absolute atomic E-state index is 12.2. The molecule has 0 fully saturated rings. The number of nitrogens with zero attached hydrogens (tertiary/aromatic N) is 3. The van der Waals surface area contributed by atoms with Gasteiger partial charge >= 0.3 is 6.03 Å². The molecule has 0 saturated heterocycles. The number of amides is 2. The first-order chi connectivity index (χ1) is 9.28. The lowest BCUT2D eigenvalue weighted by Crippen LogP contribution is -2.44. The highest BCUT2D eigenvalue weighted by molar-refractivity contribution is 5.88. The van der Waals surface area contributed by atoms with Crippen molar-refractivity contribution in [1.82, 2.24) is 14.7 Å². The number of hydrogen-bond donors (Lipinski definition) is 2. The van der Waals surface area contributed by atoms with Gasteiger partial charge in [-0.05, 0) is 34.1 Å². The fourth-order valence-electron chi connectivity index (χ4n) is 1.92. The summed E-state index contributed by atoms with van der Waals surface area (Å²) in [5.74, 6) is 0.679. The number of carbonyl (C=O) groups excluding carboxylic acids is 1. The summed E-state index contributed by atoms with van der Waals surface area (Å²) in [5, 5.41) is 16.9. The zero-order valence-corrected chi connectivity index (χ0v) is 13.1. The number of anilines is 1. The average Bonchev–Trinajstić information content (AvgIpc) is 2.81. The van der Waals surface area contributed by atoms with Gasteiger partial charge < -0.3 is 10.0 Å². The molecular weight excluding hydrogens is 256 g/mol. The van der Waals surface area contributed by atoms with Crippen LogP contribution < -0.4 is 5.32 Å². The number of rotatable bonds is 6. The normalized spacial score (nSPS) is 13.1. The van der Waals surface area contributed by atoms with E-state index in [9.17, 15) is 9.90 Å². The van der Waals surface area contributed by atoms with Crippen molar-refractivity contribution < 1.29 is 9.90 Å². The van der Waals surface area contributed by atoms with Gasteiger partial charge in [-0.15, -0.1) is 0 Å². The molecule has 0 radical (unpaired) electrons. The Morgan fingerprint density at radius 2 is 2.20 bits per heavy atom. The molecule has 2 N–H and O–H groups in total. The number of urea groups is 1. The molecule has 2 amide bonds. The van der Waals surface area contributed by atoms with Crippen LogP contribution in [-0.2, 0) is 0 Å². The van der Waals surface area contributed by atoms with E-state index in [4.69, 9.17) is 0 Å². The second kappa shape index (κ2) is 6.74. The fraction of sp³-hybridized carbons (Fsp3) is 0.714. The largest absolute Gasteiger partial charge is 0.389 e. The average molecular weight is 282 g/mol. The second-order valence-electron chi connectivity index (χ2n) is 5.68. The van der Waals surface area contributed by atoms with Crippen LogP contribution in [0.3, 0.4) is 0 Å². The van der Waals surface area contributed by atoms with Crippen LogP contribution in [0.4, 0.5) is 10.6 Å². The Labute approximate surface area is 120 Å². The summed E-state index contributed by atoms with van der Waals surface area (Å²) >= 11 is 0.